The molecule has 0 amide bonds. The first-order valence-electron chi connectivity index (χ1n) is 5.94. The minimum absolute atomic E-state index is 0.0904. The highest BCUT2D eigenvalue weighted by Gasteiger charge is 2.14. The van der Waals surface area contributed by atoms with Gasteiger partial charge in [-0.25, -0.2) is 0 Å². The van der Waals surface area contributed by atoms with Crippen LogP contribution in [0.15, 0.2) is 57.4 Å². The summed E-state index contributed by atoms with van der Waals surface area (Å²) in [6.07, 6.45) is 0. The largest absolute Gasteiger partial charge is 0.453 e. The van der Waals surface area contributed by atoms with Crippen LogP contribution in [0.25, 0.3) is 11.0 Å². The molecule has 0 radical (unpaired) electrons. The fraction of sp³-hybridized carbons (Fsp3) is 0.0625. The Morgan fingerprint density at radius 3 is 2.53 bits per heavy atom. The van der Waals surface area contributed by atoms with Crippen molar-refractivity contribution in [2.75, 3.05) is 0 Å². The highest BCUT2D eigenvalue weighted by molar-refractivity contribution is 9.10. The van der Waals surface area contributed by atoms with E-state index in [9.17, 15) is 4.79 Å². The Morgan fingerprint density at radius 2 is 1.79 bits per heavy atom. The lowest BCUT2D eigenvalue weighted by molar-refractivity contribution is 0.101. The second kappa shape index (κ2) is 4.67. The van der Waals surface area contributed by atoms with E-state index < -0.39 is 0 Å². The summed E-state index contributed by atoms with van der Waals surface area (Å²) in [6.45, 7) is 1.99. The minimum atomic E-state index is -0.0904. The second-order valence-corrected chi connectivity index (χ2v) is 5.40. The van der Waals surface area contributed by atoms with Gasteiger partial charge in [-0.3, -0.25) is 4.79 Å². The van der Waals surface area contributed by atoms with Crippen LogP contribution in [-0.4, -0.2) is 5.78 Å². The standard InChI is InChI=1S/C16H11BrO2/c1-10-2-4-11(5-3-10)16(18)15-9-12-8-13(17)6-7-14(12)19-15/h2-9H,1H3. The van der Waals surface area contributed by atoms with Gasteiger partial charge in [-0.1, -0.05) is 45.8 Å². The van der Waals surface area contributed by atoms with Crippen molar-refractivity contribution < 1.29 is 9.21 Å². The van der Waals surface area contributed by atoms with E-state index in [4.69, 9.17) is 4.42 Å². The highest BCUT2D eigenvalue weighted by atomic mass is 79.9. The predicted molar refractivity (Wildman–Crippen MR) is 78.5 cm³/mol. The molecule has 3 heteroatoms. The molecule has 94 valence electrons. The maximum absolute atomic E-state index is 12.3. The van der Waals surface area contributed by atoms with E-state index in [0.29, 0.717) is 11.3 Å². The van der Waals surface area contributed by atoms with Gasteiger partial charge >= 0.3 is 0 Å². The van der Waals surface area contributed by atoms with Gasteiger partial charge in [-0.15, -0.1) is 0 Å². The highest BCUT2D eigenvalue weighted by Crippen LogP contribution is 2.24. The summed E-state index contributed by atoms with van der Waals surface area (Å²) in [5.74, 6) is 0.282. The van der Waals surface area contributed by atoms with Gasteiger partial charge in [0.15, 0.2) is 5.76 Å². The van der Waals surface area contributed by atoms with Crippen molar-refractivity contribution in [2.45, 2.75) is 6.92 Å². The molecule has 0 aliphatic carbocycles. The summed E-state index contributed by atoms with van der Waals surface area (Å²) < 4.78 is 6.57. The average Bonchev–Trinajstić information content (AvgIpc) is 2.81. The lowest BCUT2D eigenvalue weighted by Crippen LogP contribution is -1.98. The summed E-state index contributed by atoms with van der Waals surface area (Å²) in [5, 5.41) is 0.921. The van der Waals surface area contributed by atoms with Gasteiger partial charge in [0, 0.05) is 15.4 Å². The zero-order valence-corrected chi connectivity index (χ0v) is 11.9. The number of aryl methyl sites for hydroxylation is 1. The first kappa shape index (κ1) is 12.2. The number of carbonyl (C=O) groups is 1. The average molecular weight is 315 g/mol. The van der Waals surface area contributed by atoms with Crippen molar-refractivity contribution in [3.63, 3.8) is 0 Å². The number of hydrogen-bond donors (Lipinski definition) is 0. The molecule has 0 fully saturated rings. The molecule has 0 unspecified atom stereocenters. The molecule has 1 aromatic heterocycles. The summed E-state index contributed by atoms with van der Waals surface area (Å²) in [5.41, 5.74) is 2.49. The lowest BCUT2D eigenvalue weighted by Gasteiger charge is -1.97. The normalized spacial score (nSPS) is 10.8. The molecular formula is C16H11BrO2. The number of carbonyl (C=O) groups excluding carboxylic acids is 1. The van der Waals surface area contributed by atoms with Crippen LogP contribution in [-0.2, 0) is 0 Å². The molecule has 0 atom stereocenters. The van der Waals surface area contributed by atoms with Crippen molar-refractivity contribution in [2.24, 2.45) is 0 Å². The van der Waals surface area contributed by atoms with E-state index in [0.717, 1.165) is 21.0 Å². The SMILES string of the molecule is Cc1ccc(C(=O)c2cc3cc(Br)ccc3o2)cc1. The van der Waals surface area contributed by atoms with Gasteiger partial charge < -0.3 is 4.42 Å². The maximum atomic E-state index is 12.3. The Kier molecular flexibility index (Phi) is 2.99. The first-order chi connectivity index (χ1) is 9.13. The van der Waals surface area contributed by atoms with E-state index in [1.165, 1.54) is 0 Å². The number of hydrogen-bond acceptors (Lipinski definition) is 2. The monoisotopic (exact) mass is 314 g/mol. The van der Waals surface area contributed by atoms with Crippen LogP contribution in [0.4, 0.5) is 0 Å². The molecule has 3 aromatic rings. The fourth-order valence-corrected chi connectivity index (χ4v) is 2.35. The van der Waals surface area contributed by atoms with Crippen molar-refractivity contribution in [3.05, 3.63) is 69.9 Å². The van der Waals surface area contributed by atoms with E-state index in [2.05, 4.69) is 15.9 Å². The van der Waals surface area contributed by atoms with Gasteiger partial charge in [-0.2, -0.15) is 0 Å². The molecule has 0 N–H and O–H groups in total. The van der Waals surface area contributed by atoms with Crippen LogP contribution in [0.1, 0.15) is 21.7 Å². The zero-order valence-electron chi connectivity index (χ0n) is 10.3. The summed E-state index contributed by atoms with van der Waals surface area (Å²) in [4.78, 5) is 12.3. The Balaban J connectivity index is 2.04. The number of benzene rings is 2. The van der Waals surface area contributed by atoms with Crippen LogP contribution in [0.2, 0.25) is 0 Å². The third-order valence-corrected chi connectivity index (χ3v) is 3.51. The first-order valence-corrected chi connectivity index (χ1v) is 6.73. The Morgan fingerprint density at radius 1 is 1.05 bits per heavy atom. The minimum Gasteiger partial charge on any atom is -0.453 e. The number of halogens is 1. The van der Waals surface area contributed by atoms with Crippen molar-refractivity contribution >= 4 is 32.7 Å². The molecule has 1 heterocycles. The molecule has 0 aliphatic rings. The number of rotatable bonds is 2. The molecule has 0 spiro atoms. The van der Waals surface area contributed by atoms with E-state index in [1.54, 1.807) is 6.07 Å². The Labute approximate surface area is 119 Å². The Bertz CT molecular complexity index is 754. The molecule has 19 heavy (non-hydrogen) atoms. The molecule has 0 saturated carbocycles. The second-order valence-electron chi connectivity index (χ2n) is 4.49. The number of ketones is 1. The number of fused-ring (bicyclic) bond motifs is 1. The van der Waals surface area contributed by atoms with E-state index >= 15 is 0 Å². The molecule has 2 aromatic carbocycles. The smallest absolute Gasteiger partial charge is 0.228 e. The summed E-state index contributed by atoms with van der Waals surface area (Å²) in [7, 11) is 0. The van der Waals surface area contributed by atoms with Crippen molar-refractivity contribution in [1.82, 2.24) is 0 Å². The van der Waals surface area contributed by atoms with Crippen LogP contribution in [0, 0.1) is 6.92 Å². The van der Waals surface area contributed by atoms with Crippen LogP contribution >= 0.6 is 15.9 Å². The summed E-state index contributed by atoms with van der Waals surface area (Å²) >= 11 is 3.40. The van der Waals surface area contributed by atoms with Crippen LogP contribution in [0.5, 0.6) is 0 Å². The lowest BCUT2D eigenvalue weighted by atomic mass is 10.1. The molecule has 3 rings (SSSR count). The van der Waals surface area contributed by atoms with Gasteiger partial charge in [0.2, 0.25) is 5.78 Å². The van der Waals surface area contributed by atoms with E-state index in [-0.39, 0.29) is 5.78 Å². The zero-order chi connectivity index (χ0) is 13.4. The van der Waals surface area contributed by atoms with Crippen molar-refractivity contribution in [1.29, 1.82) is 0 Å². The molecular weight excluding hydrogens is 304 g/mol. The Hall–Kier alpha value is -1.87. The molecule has 0 saturated heterocycles. The maximum Gasteiger partial charge on any atom is 0.228 e. The molecule has 2 nitrogen and oxygen atoms in total. The molecule has 0 aliphatic heterocycles. The van der Waals surface area contributed by atoms with E-state index in [1.807, 2.05) is 49.4 Å². The third kappa shape index (κ3) is 2.34. The van der Waals surface area contributed by atoms with Gasteiger partial charge in [-0.05, 0) is 31.2 Å². The van der Waals surface area contributed by atoms with Crippen LogP contribution < -0.4 is 0 Å². The van der Waals surface area contributed by atoms with Gasteiger partial charge in [0.1, 0.15) is 5.58 Å². The van der Waals surface area contributed by atoms with Crippen LogP contribution in [0.3, 0.4) is 0 Å². The quantitative estimate of drug-likeness (QED) is 0.640. The third-order valence-electron chi connectivity index (χ3n) is 3.02. The van der Waals surface area contributed by atoms with Crippen molar-refractivity contribution in [3.8, 4) is 0 Å². The molecule has 0 bridgehead atoms. The predicted octanol–water partition coefficient (Wildman–Crippen LogP) is 4.73. The number of furan rings is 1. The summed E-state index contributed by atoms with van der Waals surface area (Å²) in [6, 6.07) is 14.9. The van der Waals surface area contributed by atoms with Gasteiger partial charge in [0.25, 0.3) is 0 Å². The fourth-order valence-electron chi connectivity index (χ4n) is 1.97. The topological polar surface area (TPSA) is 30.2 Å². The van der Waals surface area contributed by atoms with Gasteiger partial charge in [0.05, 0.1) is 0 Å².